The van der Waals surface area contributed by atoms with Gasteiger partial charge in [0, 0.05) is 17.0 Å². The summed E-state index contributed by atoms with van der Waals surface area (Å²) in [6, 6.07) is 9.39. The number of aryl methyl sites for hydroxylation is 2. The Bertz CT molecular complexity index is 1180. The van der Waals surface area contributed by atoms with E-state index in [-0.39, 0.29) is 24.1 Å². The van der Waals surface area contributed by atoms with Gasteiger partial charge in [0.15, 0.2) is 23.4 Å². The number of ether oxygens (including phenoxy) is 2. The Labute approximate surface area is 179 Å². The van der Waals surface area contributed by atoms with Crippen LogP contribution in [0.1, 0.15) is 33.1 Å². The van der Waals surface area contributed by atoms with Crippen molar-refractivity contribution < 1.29 is 19.2 Å². The Hall–Kier alpha value is -3.62. The third kappa shape index (κ3) is 3.78. The monoisotopic (exact) mass is 424 g/mol. The summed E-state index contributed by atoms with van der Waals surface area (Å²) in [6.45, 7) is 7.92. The van der Waals surface area contributed by atoms with E-state index in [2.05, 4.69) is 5.10 Å². The van der Waals surface area contributed by atoms with Crippen molar-refractivity contribution in [2.45, 2.75) is 46.9 Å². The van der Waals surface area contributed by atoms with Gasteiger partial charge < -0.3 is 14.0 Å². The summed E-state index contributed by atoms with van der Waals surface area (Å²) in [6.07, 6.45) is -0.179. The number of para-hydroxylation sites is 2. The van der Waals surface area contributed by atoms with Crippen molar-refractivity contribution in [2.75, 3.05) is 6.61 Å². The maximum Gasteiger partial charge on any atom is 0.312 e. The van der Waals surface area contributed by atoms with Crippen LogP contribution in [0.5, 0.6) is 11.5 Å². The van der Waals surface area contributed by atoms with Gasteiger partial charge >= 0.3 is 5.69 Å². The van der Waals surface area contributed by atoms with Gasteiger partial charge in [-0.3, -0.25) is 19.6 Å². The van der Waals surface area contributed by atoms with Crippen LogP contribution in [0.25, 0.3) is 0 Å². The van der Waals surface area contributed by atoms with Crippen LogP contribution in [0.15, 0.2) is 30.3 Å². The highest BCUT2D eigenvalue weighted by molar-refractivity contribution is 5.97. The van der Waals surface area contributed by atoms with E-state index in [0.717, 1.165) is 17.1 Å². The topological polar surface area (TPSA) is 101 Å². The molecule has 2 aromatic heterocycles. The van der Waals surface area contributed by atoms with Gasteiger partial charge in [-0.15, -0.1) is 0 Å². The second-order valence-corrected chi connectivity index (χ2v) is 7.75. The number of rotatable bonds is 6. The van der Waals surface area contributed by atoms with Gasteiger partial charge in [-0.1, -0.05) is 12.1 Å². The molecule has 31 heavy (non-hydrogen) atoms. The van der Waals surface area contributed by atoms with E-state index in [1.807, 2.05) is 48.7 Å². The third-order valence-electron chi connectivity index (χ3n) is 5.65. The average molecular weight is 424 g/mol. The first-order valence-corrected chi connectivity index (χ1v) is 10.0. The number of hydrogen-bond donors (Lipinski definition) is 0. The molecule has 9 nitrogen and oxygen atoms in total. The molecule has 1 aliphatic rings. The van der Waals surface area contributed by atoms with Crippen molar-refractivity contribution in [2.24, 2.45) is 0 Å². The summed E-state index contributed by atoms with van der Waals surface area (Å²) in [5, 5.41) is 15.4. The SMILES string of the molecule is Cc1nn(CC(=O)c2cc(C)n(CC3COc4ccccc4O3)c2C)c(C)c1[N+](=O)[O-]. The average Bonchev–Trinajstić information content (AvgIpc) is 3.17. The van der Waals surface area contributed by atoms with Gasteiger partial charge in [0.05, 0.1) is 11.5 Å². The molecule has 0 saturated heterocycles. The van der Waals surface area contributed by atoms with E-state index in [0.29, 0.717) is 35.9 Å². The van der Waals surface area contributed by atoms with Gasteiger partial charge in [-0.05, 0) is 45.9 Å². The number of carbonyl (C=O) groups is 1. The molecule has 0 fully saturated rings. The highest BCUT2D eigenvalue weighted by Gasteiger charge is 2.26. The van der Waals surface area contributed by atoms with Crippen LogP contribution in [0.3, 0.4) is 0 Å². The molecular weight excluding hydrogens is 400 g/mol. The number of aromatic nitrogens is 3. The normalized spacial score (nSPS) is 15.2. The maximum atomic E-state index is 13.0. The standard InChI is InChI=1S/C22H24N4O5/c1-13-9-18(19(27)11-25-16(4)22(26(28)29)14(2)23-25)15(3)24(13)10-17-12-30-20-7-5-6-8-21(20)31-17/h5-9,17H,10-12H2,1-4H3. The summed E-state index contributed by atoms with van der Waals surface area (Å²) in [5.41, 5.74) is 2.95. The molecule has 0 amide bonds. The smallest absolute Gasteiger partial charge is 0.312 e. The molecule has 1 aromatic carbocycles. The summed E-state index contributed by atoms with van der Waals surface area (Å²) >= 11 is 0. The predicted molar refractivity (Wildman–Crippen MR) is 113 cm³/mol. The van der Waals surface area contributed by atoms with Gasteiger partial charge in [-0.2, -0.15) is 5.10 Å². The van der Waals surface area contributed by atoms with Crippen LogP contribution in [0.2, 0.25) is 0 Å². The lowest BCUT2D eigenvalue weighted by atomic mass is 10.1. The number of fused-ring (bicyclic) bond motifs is 1. The second-order valence-electron chi connectivity index (χ2n) is 7.75. The van der Waals surface area contributed by atoms with Crippen LogP contribution in [0, 0.1) is 37.8 Å². The van der Waals surface area contributed by atoms with Crippen molar-refractivity contribution in [1.29, 1.82) is 0 Å². The fraction of sp³-hybridized carbons (Fsp3) is 0.364. The molecule has 1 unspecified atom stereocenters. The molecule has 0 aliphatic carbocycles. The fourth-order valence-corrected chi connectivity index (χ4v) is 4.05. The molecule has 0 saturated carbocycles. The number of Topliss-reactive ketones (excluding diaryl/α,β-unsaturated/α-hetero) is 1. The first-order chi connectivity index (χ1) is 14.8. The van der Waals surface area contributed by atoms with E-state index in [4.69, 9.17) is 9.47 Å². The first kappa shape index (κ1) is 20.6. The van der Waals surface area contributed by atoms with Crippen LogP contribution >= 0.6 is 0 Å². The van der Waals surface area contributed by atoms with Crippen molar-refractivity contribution in [3.05, 3.63) is 68.8 Å². The van der Waals surface area contributed by atoms with Gasteiger partial charge in [-0.25, -0.2) is 0 Å². The molecule has 4 rings (SSSR count). The number of nitro groups is 1. The van der Waals surface area contributed by atoms with Gasteiger partial charge in [0.25, 0.3) is 0 Å². The highest BCUT2D eigenvalue weighted by Crippen LogP contribution is 2.31. The van der Waals surface area contributed by atoms with Crippen molar-refractivity contribution in [3.8, 4) is 11.5 Å². The lowest BCUT2D eigenvalue weighted by Crippen LogP contribution is -2.33. The maximum absolute atomic E-state index is 13.0. The van der Waals surface area contributed by atoms with Crippen molar-refractivity contribution >= 4 is 11.5 Å². The Morgan fingerprint density at radius 1 is 1.19 bits per heavy atom. The van der Waals surface area contributed by atoms with Crippen LogP contribution < -0.4 is 9.47 Å². The molecule has 1 aliphatic heterocycles. The van der Waals surface area contributed by atoms with E-state index < -0.39 is 4.92 Å². The first-order valence-electron chi connectivity index (χ1n) is 10.0. The number of ketones is 1. The number of carbonyl (C=O) groups excluding carboxylic acids is 1. The molecular formula is C22H24N4O5. The van der Waals surface area contributed by atoms with Crippen LogP contribution in [0.4, 0.5) is 5.69 Å². The summed E-state index contributed by atoms with van der Waals surface area (Å²) < 4.78 is 15.3. The molecule has 1 atom stereocenters. The van der Waals surface area contributed by atoms with Gasteiger partial charge in [0.2, 0.25) is 0 Å². The Balaban J connectivity index is 1.53. The lowest BCUT2D eigenvalue weighted by Gasteiger charge is -2.27. The predicted octanol–water partition coefficient (Wildman–Crippen LogP) is 3.55. The fourth-order valence-electron chi connectivity index (χ4n) is 4.05. The quantitative estimate of drug-likeness (QED) is 0.341. The molecule has 3 heterocycles. The van der Waals surface area contributed by atoms with E-state index in [1.54, 1.807) is 13.8 Å². The molecule has 162 valence electrons. The molecule has 0 N–H and O–H groups in total. The molecule has 3 aromatic rings. The highest BCUT2D eigenvalue weighted by atomic mass is 16.6. The molecule has 9 heteroatoms. The van der Waals surface area contributed by atoms with Crippen LogP contribution in [-0.2, 0) is 13.1 Å². The number of nitrogens with zero attached hydrogens (tertiary/aromatic N) is 4. The van der Waals surface area contributed by atoms with Crippen LogP contribution in [-0.4, -0.2) is 37.8 Å². The number of benzene rings is 1. The lowest BCUT2D eigenvalue weighted by molar-refractivity contribution is -0.386. The largest absolute Gasteiger partial charge is 0.486 e. The van der Waals surface area contributed by atoms with E-state index in [9.17, 15) is 14.9 Å². The Morgan fingerprint density at radius 3 is 2.58 bits per heavy atom. The molecule has 0 bridgehead atoms. The summed E-state index contributed by atoms with van der Waals surface area (Å²) in [5.74, 6) is 1.30. The zero-order valence-electron chi connectivity index (χ0n) is 17.9. The van der Waals surface area contributed by atoms with Crippen molar-refractivity contribution in [3.63, 3.8) is 0 Å². The summed E-state index contributed by atoms with van der Waals surface area (Å²) in [4.78, 5) is 23.8. The third-order valence-corrected chi connectivity index (χ3v) is 5.65. The van der Waals surface area contributed by atoms with E-state index in [1.165, 1.54) is 4.68 Å². The zero-order valence-corrected chi connectivity index (χ0v) is 17.9. The minimum absolute atomic E-state index is 0.0481. The zero-order chi connectivity index (χ0) is 22.3. The van der Waals surface area contributed by atoms with Crippen molar-refractivity contribution in [1.82, 2.24) is 14.3 Å². The number of hydrogen-bond acceptors (Lipinski definition) is 6. The Morgan fingerprint density at radius 2 is 1.90 bits per heavy atom. The molecule has 0 spiro atoms. The van der Waals surface area contributed by atoms with E-state index >= 15 is 0 Å². The minimum atomic E-state index is -0.463. The van der Waals surface area contributed by atoms with Gasteiger partial charge in [0.1, 0.15) is 24.5 Å². The summed E-state index contributed by atoms with van der Waals surface area (Å²) in [7, 11) is 0. The molecule has 0 radical (unpaired) electrons. The minimum Gasteiger partial charge on any atom is -0.486 e. The second kappa shape index (κ2) is 7.90. The Kier molecular flexibility index (Phi) is 5.26.